The first-order valence-corrected chi connectivity index (χ1v) is 13.3. The number of carbonyl (C=O) groups excluding carboxylic acids is 2. The molecule has 0 bridgehead atoms. The second-order valence-electron chi connectivity index (χ2n) is 10.0. The van der Waals surface area contributed by atoms with E-state index in [4.69, 9.17) is 9.15 Å². The molecule has 0 aliphatic carbocycles. The predicted octanol–water partition coefficient (Wildman–Crippen LogP) is 6.63. The zero-order valence-corrected chi connectivity index (χ0v) is 23.0. The summed E-state index contributed by atoms with van der Waals surface area (Å²) >= 11 is 0. The number of nitrogens with zero attached hydrogens (tertiary/aromatic N) is 1. The van der Waals surface area contributed by atoms with Crippen molar-refractivity contribution in [3.63, 3.8) is 0 Å². The Hall–Kier alpha value is -4.98. The fourth-order valence-electron chi connectivity index (χ4n) is 4.48. The average Bonchev–Trinajstić information content (AvgIpc) is 3.38. The van der Waals surface area contributed by atoms with Crippen molar-refractivity contribution < 1.29 is 23.1 Å². The SMILES string of the molecule is CNC(=O)c1c(-c2ccc(F)cc2)oc2ccc(-c3cc(C(=O)NCC(C)C)ccc3OCc3ccccn3)cc12. The highest BCUT2D eigenvalue weighted by molar-refractivity contribution is 6.12. The van der Waals surface area contributed by atoms with Crippen molar-refractivity contribution in [1.29, 1.82) is 0 Å². The minimum Gasteiger partial charge on any atom is -0.487 e. The molecule has 2 heterocycles. The van der Waals surface area contributed by atoms with Crippen LogP contribution in [-0.2, 0) is 6.61 Å². The van der Waals surface area contributed by atoms with Gasteiger partial charge in [-0.3, -0.25) is 14.6 Å². The molecule has 41 heavy (non-hydrogen) atoms. The number of hydrogen-bond acceptors (Lipinski definition) is 5. The van der Waals surface area contributed by atoms with Crippen LogP contribution in [0.15, 0.2) is 89.5 Å². The van der Waals surface area contributed by atoms with Gasteiger partial charge in [-0.15, -0.1) is 0 Å². The molecule has 7 nitrogen and oxygen atoms in total. The molecular weight excluding hydrogens is 521 g/mol. The molecule has 2 N–H and O–H groups in total. The van der Waals surface area contributed by atoms with E-state index in [1.54, 1.807) is 49.6 Å². The lowest BCUT2D eigenvalue weighted by Gasteiger charge is -2.14. The summed E-state index contributed by atoms with van der Waals surface area (Å²) in [4.78, 5) is 30.3. The van der Waals surface area contributed by atoms with Gasteiger partial charge in [-0.05, 0) is 78.2 Å². The fourth-order valence-corrected chi connectivity index (χ4v) is 4.48. The third kappa shape index (κ3) is 6.11. The van der Waals surface area contributed by atoms with Gasteiger partial charge < -0.3 is 19.8 Å². The first-order chi connectivity index (χ1) is 19.8. The van der Waals surface area contributed by atoms with Gasteiger partial charge in [0.1, 0.15) is 29.5 Å². The van der Waals surface area contributed by atoms with Gasteiger partial charge in [0.2, 0.25) is 0 Å². The van der Waals surface area contributed by atoms with E-state index in [1.165, 1.54) is 12.1 Å². The molecule has 2 amide bonds. The lowest BCUT2D eigenvalue weighted by molar-refractivity contribution is 0.0945. The molecule has 5 aromatic rings. The Morgan fingerprint density at radius 3 is 2.44 bits per heavy atom. The number of pyridine rings is 1. The average molecular weight is 552 g/mol. The minimum atomic E-state index is -0.385. The molecule has 0 atom stereocenters. The van der Waals surface area contributed by atoms with Crippen LogP contribution in [0.2, 0.25) is 0 Å². The van der Waals surface area contributed by atoms with Gasteiger partial charge in [0, 0.05) is 41.9 Å². The molecule has 208 valence electrons. The molecule has 8 heteroatoms. The molecule has 0 saturated carbocycles. The maximum absolute atomic E-state index is 13.6. The highest BCUT2D eigenvalue weighted by Gasteiger charge is 2.23. The number of benzene rings is 3. The Labute approximate surface area is 237 Å². The smallest absolute Gasteiger partial charge is 0.255 e. The normalized spacial score (nSPS) is 11.0. The van der Waals surface area contributed by atoms with Gasteiger partial charge in [-0.25, -0.2) is 4.39 Å². The number of aromatic nitrogens is 1. The third-order valence-electron chi connectivity index (χ3n) is 6.57. The lowest BCUT2D eigenvalue weighted by atomic mass is 9.98. The van der Waals surface area contributed by atoms with Gasteiger partial charge in [0.15, 0.2) is 0 Å². The third-order valence-corrected chi connectivity index (χ3v) is 6.57. The molecule has 0 radical (unpaired) electrons. The molecule has 0 saturated heterocycles. The number of carbonyl (C=O) groups is 2. The Bertz CT molecular complexity index is 1700. The number of fused-ring (bicyclic) bond motifs is 1. The van der Waals surface area contributed by atoms with Gasteiger partial charge in [-0.2, -0.15) is 0 Å². The number of hydrogen-bond donors (Lipinski definition) is 2. The second-order valence-corrected chi connectivity index (χ2v) is 10.0. The Morgan fingerprint density at radius 1 is 0.951 bits per heavy atom. The molecular formula is C33H30FN3O4. The van der Waals surface area contributed by atoms with Crippen molar-refractivity contribution in [3.8, 4) is 28.2 Å². The summed E-state index contributed by atoms with van der Waals surface area (Å²) in [5.41, 5.74) is 4.04. The monoisotopic (exact) mass is 551 g/mol. The zero-order valence-electron chi connectivity index (χ0n) is 23.0. The van der Waals surface area contributed by atoms with Crippen molar-refractivity contribution >= 4 is 22.8 Å². The lowest BCUT2D eigenvalue weighted by Crippen LogP contribution is -2.27. The first kappa shape index (κ1) is 27.6. The van der Waals surface area contributed by atoms with Crippen LogP contribution in [0.3, 0.4) is 0 Å². The number of amides is 2. The van der Waals surface area contributed by atoms with Crippen molar-refractivity contribution in [2.24, 2.45) is 5.92 Å². The molecule has 0 aliphatic rings. The summed E-state index contributed by atoms with van der Waals surface area (Å²) < 4.78 is 25.9. The maximum atomic E-state index is 13.6. The van der Waals surface area contributed by atoms with Gasteiger partial charge in [0.25, 0.3) is 11.8 Å². The van der Waals surface area contributed by atoms with Crippen LogP contribution in [0.5, 0.6) is 5.75 Å². The number of nitrogens with one attached hydrogen (secondary N) is 2. The van der Waals surface area contributed by atoms with Crippen molar-refractivity contribution in [2.45, 2.75) is 20.5 Å². The van der Waals surface area contributed by atoms with Crippen LogP contribution < -0.4 is 15.4 Å². The molecule has 0 unspecified atom stereocenters. The first-order valence-electron chi connectivity index (χ1n) is 13.3. The summed E-state index contributed by atoms with van der Waals surface area (Å²) in [5, 5.41) is 6.21. The summed E-state index contributed by atoms with van der Waals surface area (Å²) in [6.45, 7) is 4.85. The topological polar surface area (TPSA) is 93.5 Å². The van der Waals surface area contributed by atoms with Crippen LogP contribution in [0.4, 0.5) is 4.39 Å². The van der Waals surface area contributed by atoms with Crippen LogP contribution in [0, 0.1) is 11.7 Å². The largest absolute Gasteiger partial charge is 0.487 e. The predicted molar refractivity (Wildman–Crippen MR) is 156 cm³/mol. The second kappa shape index (κ2) is 12.0. The van der Waals surface area contributed by atoms with Crippen molar-refractivity contribution in [1.82, 2.24) is 15.6 Å². The van der Waals surface area contributed by atoms with E-state index in [2.05, 4.69) is 15.6 Å². The summed E-state index contributed by atoms with van der Waals surface area (Å²) in [5.74, 6) is 0.286. The van der Waals surface area contributed by atoms with Crippen molar-refractivity contribution in [3.05, 3.63) is 108 Å². The van der Waals surface area contributed by atoms with Gasteiger partial charge in [-0.1, -0.05) is 26.0 Å². The number of rotatable bonds is 9. The quantitative estimate of drug-likeness (QED) is 0.215. The fraction of sp³-hybridized carbons (Fsp3) is 0.182. The minimum absolute atomic E-state index is 0.190. The van der Waals surface area contributed by atoms with E-state index >= 15 is 0 Å². The molecule has 0 fully saturated rings. The standard InChI is InChI=1S/C33H30FN3O4/c1-20(2)18-37-32(38)23-10-13-28(40-19-25-6-4-5-15-36-25)26(17-23)22-9-14-29-27(16-22)30(33(39)35-3)31(41-29)21-7-11-24(34)12-8-21/h4-17,20H,18-19H2,1-3H3,(H,35,39)(H,37,38). The molecule has 5 rings (SSSR count). The highest BCUT2D eigenvalue weighted by atomic mass is 19.1. The zero-order chi connectivity index (χ0) is 28.9. The Morgan fingerprint density at radius 2 is 1.73 bits per heavy atom. The Kier molecular flexibility index (Phi) is 8.10. The van der Waals surface area contributed by atoms with Crippen LogP contribution >= 0.6 is 0 Å². The molecule has 3 aromatic carbocycles. The highest BCUT2D eigenvalue weighted by Crippen LogP contribution is 2.38. The van der Waals surface area contributed by atoms with Crippen LogP contribution in [-0.4, -0.2) is 30.4 Å². The molecule has 0 spiro atoms. The molecule has 2 aromatic heterocycles. The van der Waals surface area contributed by atoms with Crippen LogP contribution in [0.1, 0.15) is 40.3 Å². The van der Waals surface area contributed by atoms with E-state index in [9.17, 15) is 14.0 Å². The molecule has 0 aliphatic heterocycles. The van der Waals surface area contributed by atoms with Crippen molar-refractivity contribution in [2.75, 3.05) is 13.6 Å². The number of halogens is 1. The number of ether oxygens (including phenoxy) is 1. The van der Waals surface area contributed by atoms with E-state index < -0.39 is 0 Å². The maximum Gasteiger partial charge on any atom is 0.255 e. The summed E-state index contributed by atoms with van der Waals surface area (Å²) in [6.07, 6.45) is 1.70. The van der Waals surface area contributed by atoms with E-state index in [1.807, 2.05) is 44.2 Å². The van der Waals surface area contributed by atoms with Gasteiger partial charge >= 0.3 is 0 Å². The summed E-state index contributed by atoms with van der Waals surface area (Å²) in [7, 11) is 1.54. The van der Waals surface area contributed by atoms with E-state index in [0.29, 0.717) is 57.2 Å². The van der Waals surface area contributed by atoms with Crippen LogP contribution in [0.25, 0.3) is 33.4 Å². The Balaban J connectivity index is 1.61. The van der Waals surface area contributed by atoms with E-state index in [-0.39, 0.29) is 24.2 Å². The van der Waals surface area contributed by atoms with Gasteiger partial charge in [0.05, 0.1) is 11.3 Å². The number of furan rings is 1. The summed E-state index contributed by atoms with van der Waals surface area (Å²) in [6, 6.07) is 22.1. The van der Waals surface area contributed by atoms with E-state index in [0.717, 1.165) is 11.3 Å².